The predicted molar refractivity (Wildman–Crippen MR) is 107 cm³/mol. The summed E-state index contributed by atoms with van der Waals surface area (Å²) in [5.41, 5.74) is 3.56. The van der Waals surface area contributed by atoms with Crippen molar-refractivity contribution in [3.63, 3.8) is 0 Å². The fraction of sp³-hybridized carbons (Fsp3) is 0.318. The van der Waals surface area contributed by atoms with Crippen LogP contribution in [-0.2, 0) is 6.42 Å². The third kappa shape index (κ3) is 4.49. The maximum Gasteiger partial charge on any atom is 0.251 e. The summed E-state index contributed by atoms with van der Waals surface area (Å²) in [5.74, 6) is -0.0301. The Bertz CT molecular complexity index is 912. The number of nitrogens with one attached hydrogen (secondary N) is 1. The van der Waals surface area contributed by atoms with Crippen molar-refractivity contribution in [1.82, 2.24) is 20.2 Å². The highest BCUT2D eigenvalue weighted by atomic mass is 16.1. The summed E-state index contributed by atoms with van der Waals surface area (Å²) in [6.07, 6.45) is 6.50. The lowest BCUT2D eigenvalue weighted by Gasteiger charge is -2.33. The first-order valence-electron chi connectivity index (χ1n) is 9.56. The SMILES string of the molecule is O=C(N[C@@H]1CCCN(CCc2ccccc2)C1)c1ccc2nccnc2c1. The third-order valence-corrected chi connectivity index (χ3v) is 5.13. The summed E-state index contributed by atoms with van der Waals surface area (Å²) in [4.78, 5) is 23.7. The first-order chi connectivity index (χ1) is 13.3. The average Bonchev–Trinajstić information content (AvgIpc) is 2.73. The van der Waals surface area contributed by atoms with E-state index in [1.807, 2.05) is 24.3 Å². The van der Waals surface area contributed by atoms with Crippen molar-refractivity contribution in [3.8, 4) is 0 Å². The molecule has 5 heteroatoms. The van der Waals surface area contributed by atoms with Crippen LogP contribution in [0.5, 0.6) is 0 Å². The van der Waals surface area contributed by atoms with Crippen LogP contribution >= 0.6 is 0 Å². The Morgan fingerprint density at radius 1 is 1.07 bits per heavy atom. The molecule has 2 heterocycles. The van der Waals surface area contributed by atoms with Gasteiger partial charge in [0.05, 0.1) is 11.0 Å². The van der Waals surface area contributed by atoms with Gasteiger partial charge in [-0.15, -0.1) is 0 Å². The molecule has 5 nitrogen and oxygen atoms in total. The number of amides is 1. The number of carbonyl (C=O) groups excluding carboxylic acids is 1. The summed E-state index contributed by atoms with van der Waals surface area (Å²) in [6, 6.07) is 16.2. The Morgan fingerprint density at radius 3 is 2.74 bits per heavy atom. The lowest BCUT2D eigenvalue weighted by atomic mass is 10.0. The molecule has 138 valence electrons. The molecule has 1 N–H and O–H groups in total. The molecule has 0 bridgehead atoms. The Morgan fingerprint density at radius 2 is 1.89 bits per heavy atom. The van der Waals surface area contributed by atoms with E-state index in [0.717, 1.165) is 49.9 Å². The minimum Gasteiger partial charge on any atom is -0.348 e. The van der Waals surface area contributed by atoms with Crippen LogP contribution in [0.25, 0.3) is 11.0 Å². The number of rotatable bonds is 5. The van der Waals surface area contributed by atoms with Crippen molar-refractivity contribution in [2.24, 2.45) is 0 Å². The van der Waals surface area contributed by atoms with E-state index in [0.29, 0.717) is 5.56 Å². The largest absolute Gasteiger partial charge is 0.348 e. The lowest BCUT2D eigenvalue weighted by Crippen LogP contribution is -2.48. The summed E-state index contributed by atoms with van der Waals surface area (Å²) in [7, 11) is 0. The Balaban J connectivity index is 1.34. The fourth-order valence-electron chi connectivity index (χ4n) is 3.68. The number of hydrogen-bond acceptors (Lipinski definition) is 4. The highest BCUT2D eigenvalue weighted by molar-refractivity contribution is 5.97. The lowest BCUT2D eigenvalue weighted by molar-refractivity contribution is 0.0904. The minimum absolute atomic E-state index is 0.0301. The Kier molecular flexibility index (Phi) is 5.39. The van der Waals surface area contributed by atoms with Crippen LogP contribution in [0.15, 0.2) is 60.9 Å². The van der Waals surface area contributed by atoms with E-state index in [1.165, 1.54) is 5.56 Å². The normalized spacial score (nSPS) is 17.7. The molecule has 0 spiro atoms. The first-order valence-corrected chi connectivity index (χ1v) is 9.56. The zero-order valence-corrected chi connectivity index (χ0v) is 15.3. The summed E-state index contributed by atoms with van der Waals surface area (Å²) in [6.45, 7) is 3.04. The molecule has 1 saturated heterocycles. The number of carbonyl (C=O) groups is 1. The van der Waals surface area contributed by atoms with Gasteiger partial charge in [0.15, 0.2) is 0 Å². The standard InChI is InChI=1S/C22H24N4O/c27-22(18-8-9-20-21(15-18)24-12-11-23-20)25-19-7-4-13-26(16-19)14-10-17-5-2-1-3-6-17/h1-3,5-6,8-9,11-12,15,19H,4,7,10,13-14,16H2,(H,25,27)/t19-/m1/s1. The van der Waals surface area contributed by atoms with Crippen molar-refractivity contribution in [2.75, 3.05) is 19.6 Å². The molecule has 0 radical (unpaired) electrons. The zero-order valence-electron chi connectivity index (χ0n) is 15.3. The molecule has 3 aromatic rings. The van der Waals surface area contributed by atoms with Gasteiger partial charge in [-0.3, -0.25) is 14.8 Å². The van der Waals surface area contributed by atoms with Gasteiger partial charge in [-0.1, -0.05) is 30.3 Å². The van der Waals surface area contributed by atoms with E-state index in [-0.39, 0.29) is 11.9 Å². The van der Waals surface area contributed by atoms with Gasteiger partial charge in [0.1, 0.15) is 0 Å². The number of fused-ring (bicyclic) bond motifs is 1. The molecule has 0 saturated carbocycles. The zero-order chi connectivity index (χ0) is 18.5. The topological polar surface area (TPSA) is 58.1 Å². The van der Waals surface area contributed by atoms with Gasteiger partial charge < -0.3 is 10.2 Å². The van der Waals surface area contributed by atoms with Gasteiger partial charge >= 0.3 is 0 Å². The molecule has 27 heavy (non-hydrogen) atoms. The quantitative estimate of drug-likeness (QED) is 0.760. The van der Waals surface area contributed by atoms with Crippen LogP contribution in [0.3, 0.4) is 0 Å². The summed E-state index contributed by atoms with van der Waals surface area (Å²) in [5, 5.41) is 3.20. The Hall–Kier alpha value is -2.79. The van der Waals surface area contributed by atoms with E-state index in [2.05, 4.69) is 44.5 Å². The molecule has 4 rings (SSSR count). The van der Waals surface area contributed by atoms with Gasteiger partial charge in [0.2, 0.25) is 0 Å². The van der Waals surface area contributed by atoms with E-state index >= 15 is 0 Å². The highest BCUT2D eigenvalue weighted by Crippen LogP contribution is 2.14. The van der Waals surface area contributed by atoms with E-state index < -0.39 is 0 Å². The first kappa shape index (κ1) is 17.6. The predicted octanol–water partition coefficient (Wildman–Crippen LogP) is 3.07. The van der Waals surface area contributed by atoms with Gasteiger partial charge in [-0.05, 0) is 49.6 Å². The minimum atomic E-state index is -0.0301. The van der Waals surface area contributed by atoms with Crippen molar-refractivity contribution in [1.29, 1.82) is 0 Å². The van der Waals surface area contributed by atoms with E-state index in [1.54, 1.807) is 12.4 Å². The Labute approximate surface area is 159 Å². The second-order valence-corrected chi connectivity index (χ2v) is 7.11. The number of aromatic nitrogens is 2. The highest BCUT2D eigenvalue weighted by Gasteiger charge is 2.21. The molecule has 1 aliphatic heterocycles. The van der Waals surface area contributed by atoms with Crippen LogP contribution in [0.2, 0.25) is 0 Å². The van der Waals surface area contributed by atoms with Gasteiger partial charge in [0.25, 0.3) is 5.91 Å². The third-order valence-electron chi connectivity index (χ3n) is 5.13. The molecule has 0 unspecified atom stereocenters. The molecular formula is C22H24N4O. The van der Waals surface area contributed by atoms with Crippen molar-refractivity contribution >= 4 is 16.9 Å². The van der Waals surface area contributed by atoms with Crippen molar-refractivity contribution in [2.45, 2.75) is 25.3 Å². The maximum atomic E-state index is 12.7. The van der Waals surface area contributed by atoms with Gasteiger partial charge in [-0.2, -0.15) is 0 Å². The molecule has 1 aromatic heterocycles. The maximum absolute atomic E-state index is 12.7. The fourth-order valence-corrected chi connectivity index (χ4v) is 3.68. The van der Waals surface area contributed by atoms with Crippen LogP contribution in [0, 0.1) is 0 Å². The monoisotopic (exact) mass is 360 g/mol. The van der Waals surface area contributed by atoms with Gasteiger partial charge in [0, 0.05) is 37.1 Å². The van der Waals surface area contributed by atoms with Crippen molar-refractivity contribution < 1.29 is 4.79 Å². The van der Waals surface area contributed by atoms with Crippen LogP contribution in [0.1, 0.15) is 28.8 Å². The van der Waals surface area contributed by atoms with Gasteiger partial charge in [-0.25, -0.2) is 0 Å². The van der Waals surface area contributed by atoms with E-state index in [9.17, 15) is 4.79 Å². The van der Waals surface area contributed by atoms with E-state index in [4.69, 9.17) is 0 Å². The molecular weight excluding hydrogens is 336 g/mol. The second kappa shape index (κ2) is 8.27. The number of likely N-dealkylation sites (tertiary alicyclic amines) is 1. The second-order valence-electron chi connectivity index (χ2n) is 7.11. The molecule has 2 aromatic carbocycles. The van der Waals surface area contributed by atoms with Crippen LogP contribution in [-0.4, -0.2) is 46.5 Å². The van der Waals surface area contributed by atoms with Crippen LogP contribution < -0.4 is 5.32 Å². The number of piperidine rings is 1. The number of benzene rings is 2. The smallest absolute Gasteiger partial charge is 0.251 e. The summed E-state index contributed by atoms with van der Waals surface area (Å²) < 4.78 is 0. The number of nitrogens with zero attached hydrogens (tertiary/aromatic N) is 3. The molecule has 1 aliphatic rings. The van der Waals surface area contributed by atoms with Crippen LogP contribution in [0.4, 0.5) is 0 Å². The average molecular weight is 360 g/mol. The summed E-state index contributed by atoms with van der Waals surface area (Å²) >= 11 is 0. The molecule has 1 atom stereocenters. The molecule has 0 aliphatic carbocycles. The van der Waals surface area contributed by atoms with Crippen molar-refractivity contribution in [3.05, 3.63) is 72.1 Å². The molecule has 1 amide bonds. The molecule has 1 fully saturated rings. The number of hydrogen-bond donors (Lipinski definition) is 1.